The Kier molecular flexibility index (Phi) is 5.75. The van der Waals surface area contributed by atoms with Crippen LogP contribution in [0, 0.1) is 5.92 Å². The van der Waals surface area contributed by atoms with Crippen LogP contribution in [0.3, 0.4) is 0 Å². The summed E-state index contributed by atoms with van der Waals surface area (Å²) in [4.78, 5) is 31.0. The molecule has 4 heterocycles. The molecule has 28 heavy (non-hydrogen) atoms. The third-order valence-electron chi connectivity index (χ3n) is 5.82. The van der Waals surface area contributed by atoms with E-state index in [1.54, 1.807) is 6.33 Å². The molecule has 2 aromatic rings. The van der Waals surface area contributed by atoms with Crippen LogP contribution in [-0.4, -0.2) is 70.6 Å². The maximum absolute atomic E-state index is 12.6. The first-order valence-electron chi connectivity index (χ1n) is 10.5. The number of likely N-dealkylation sites (N-methyl/N-ethyl adjacent to an activating group) is 1. The van der Waals surface area contributed by atoms with E-state index in [2.05, 4.69) is 29.7 Å². The van der Waals surface area contributed by atoms with Gasteiger partial charge in [-0.1, -0.05) is 6.42 Å². The molecule has 2 aromatic heterocycles. The summed E-state index contributed by atoms with van der Waals surface area (Å²) in [5, 5.41) is 3.08. The molecule has 8 nitrogen and oxygen atoms in total. The SMILES string of the molecule is CN(C)CCNC(=O)C1CCCN(c2ncnc3c2nc2n3CCCCC2)C1. The van der Waals surface area contributed by atoms with Crippen molar-refractivity contribution in [3.05, 3.63) is 12.2 Å². The van der Waals surface area contributed by atoms with E-state index in [0.29, 0.717) is 13.1 Å². The lowest BCUT2D eigenvalue weighted by Crippen LogP contribution is -2.44. The third kappa shape index (κ3) is 3.97. The number of hydrogen-bond donors (Lipinski definition) is 1. The van der Waals surface area contributed by atoms with Gasteiger partial charge in [0.1, 0.15) is 12.2 Å². The molecule has 4 rings (SSSR count). The number of fused-ring (bicyclic) bond motifs is 3. The molecule has 0 radical (unpaired) electrons. The summed E-state index contributed by atoms with van der Waals surface area (Å²) in [6.07, 6.45) is 8.19. The first-order chi connectivity index (χ1) is 13.6. The smallest absolute Gasteiger partial charge is 0.224 e. The summed E-state index contributed by atoms with van der Waals surface area (Å²) in [7, 11) is 4.03. The highest BCUT2D eigenvalue weighted by Gasteiger charge is 2.28. The van der Waals surface area contributed by atoms with Crippen molar-refractivity contribution in [2.24, 2.45) is 5.92 Å². The fourth-order valence-corrected chi connectivity index (χ4v) is 4.29. The number of rotatable bonds is 5. The molecule has 0 spiro atoms. The van der Waals surface area contributed by atoms with Crippen LogP contribution in [0.15, 0.2) is 6.33 Å². The normalized spacial score (nSPS) is 20.2. The molecule has 1 saturated heterocycles. The minimum atomic E-state index is 0.00127. The van der Waals surface area contributed by atoms with Gasteiger partial charge in [-0.25, -0.2) is 15.0 Å². The van der Waals surface area contributed by atoms with E-state index in [4.69, 9.17) is 4.98 Å². The molecule has 8 heteroatoms. The molecule has 1 unspecified atom stereocenters. The number of aromatic nitrogens is 4. The predicted molar refractivity (Wildman–Crippen MR) is 109 cm³/mol. The van der Waals surface area contributed by atoms with Gasteiger partial charge in [-0.3, -0.25) is 4.79 Å². The summed E-state index contributed by atoms with van der Waals surface area (Å²) in [6, 6.07) is 0. The highest BCUT2D eigenvalue weighted by molar-refractivity contribution is 5.85. The lowest BCUT2D eigenvalue weighted by molar-refractivity contribution is -0.125. The number of carbonyl (C=O) groups excluding carboxylic acids is 1. The average Bonchev–Trinajstić information content (AvgIpc) is 2.89. The molecule has 2 aliphatic rings. The van der Waals surface area contributed by atoms with Crippen molar-refractivity contribution in [2.45, 2.75) is 45.1 Å². The molecular formula is C20H31N7O. The summed E-state index contributed by atoms with van der Waals surface area (Å²) in [5.74, 6) is 2.17. The van der Waals surface area contributed by atoms with Crippen LogP contribution in [0.2, 0.25) is 0 Å². The highest BCUT2D eigenvalue weighted by Crippen LogP contribution is 2.29. The molecule has 1 atom stereocenters. The second-order valence-electron chi connectivity index (χ2n) is 8.24. The topological polar surface area (TPSA) is 79.2 Å². The Morgan fingerprint density at radius 3 is 2.96 bits per heavy atom. The van der Waals surface area contributed by atoms with Crippen LogP contribution in [0.1, 0.15) is 37.9 Å². The van der Waals surface area contributed by atoms with E-state index < -0.39 is 0 Å². The van der Waals surface area contributed by atoms with Crippen molar-refractivity contribution in [3.8, 4) is 0 Å². The highest BCUT2D eigenvalue weighted by atomic mass is 16.1. The van der Waals surface area contributed by atoms with Gasteiger partial charge in [-0.2, -0.15) is 0 Å². The van der Waals surface area contributed by atoms with Gasteiger partial charge in [0.2, 0.25) is 5.91 Å². The Balaban J connectivity index is 1.52. The second kappa shape index (κ2) is 8.43. The Bertz CT molecular complexity index is 831. The quantitative estimate of drug-likeness (QED) is 0.839. The van der Waals surface area contributed by atoms with Gasteiger partial charge in [-0.15, -0.1) is 0 Å². The number of anilines is 1. The van der Waals surface area contributed by atoms with Gasteiger partial charge in [-0.05, 0) is 39.8 Å². The Hall–Kier alpha value is -2.22. The molecule has 1 N–H and O–H groups in total. The fourth-order valence-electron chi connectivity index (χ4n) is 4.29. The van der Waals surface area contributed by atoms with Crippen LogP contribution in [0.4, 0.5) is 5.82 Å². The van der Waals surface area contributed by atoms with Crippen LogP contribution >= 0.6 is 0 Å². The van der Waals surface area contributed by atoms with E-state index in [0.717, 1.165) is 61.7 Å². The van der Waals surface area contributed by atoms with E-state index in [9.17, 15) is 4.79 Å². The first-order valence-corrected chi connectivity index (χ1v) is 10.5. The Morgan fingerprint density at radius 2 is 2.11 bits per heavy atom. The number of nitrogens with one attached hydrogen (secondary N) is 1. The molecule has 0 aromatic carbocycles. The first kappa shape index (κ1) is 19.1. The lowest BCUT2D eigenvalue weighted by Gasteiger charge is -2.32. The van der Waals surface area contributed by atoms with Gasteiger partial charge >= 0.3 is 0 Å². The van der Waals surface area contributed by atoms with Crippen molar-refractivity contribution < 1.29 is 4.79 Å². The summed E-state index contributed by atoms with van der Waals surface area (Å²) >= 11 is 0. The van der Waals surface area contributed by atoms with Crippen molar-refractivity contribution in [3.63, 3.8) is 0 Å². The lowest BCUT2D eigenvalue weighted by atomic mass is 9.97. The van der Waals surface area contributed by atoms with Crippen LogP contribution < -0.4 is 10.2 Å². The number of aryl methyl sites for hydroxylation is 2. The third-order valence-corrected chi connectivity index (χ3v) is 5.82. The number of carbonyl (C=O) groups is 1. The molecule has 152 valence electrons. The fraction of sp³-hybridized carbons (Fsp3) is 0.700. The zero-order valence-corrected chi connectivity index (χ0v) is 17.0. The van der Waals surface area contributed by atoms with E-state index in [1.165, 1.54) is 19.3 Å². The Morgan fingerprint density at radius 1 is 1.21 bits per heavy atom. The largest absolute Gasteiger partial charge is 0.355 e. The zero-order chi connectivity index (χ0) is 19.5. The molecule has 1 fully saturated rings. The van der Waals surface area contributed by atoms with Gasteiger partial charge in [0.15, 0.2) is 17.0 Å². The maximum Gasteiger partial charge on any atom is 0.224 e. The molecular weight excluding hydrogens is 354 g/mol. The molecule has 0 saturated carbocycles. The minimum absolute atomic E-state index is 0.00127. The molecule has 0 aliphatic carbocycles. The minimum Gasteiger partial charge on any atom is -0.355 e. The predicted octanol–water partition coefficient (Wildman–Crippen LogP) is 1.45. The summed E-state index contributed by atoms with van der Waals surface area (Å²) in [6.45, 7) is 4.14. The van der Waals surface area contributed by atoms with Gasteiger partial charge < -0.3 is 19.7 Å². The van der Waals surface area contributed by atoms with Gasteiger partial charge in [0.05, 0.1) is 5.92 Å². The number of piperidine rings is 1. The van der Waals surface area contributed by atoms with Crippen LogP contribution in [0.25, 0.3) is 11.2 Å². The number of nitrogens with zero attached hydrogens (tertiary/aromatic N) is 6. The standard InChI is InChI=1S/C20H31N7O/c1-25(2)12-9-21-20(28)15-7-6-10-26(13-15)18-17-19(23-14-22-18)27-11-5-3-4-8-16(27)24-17/h14-15H,3-13H2,1-2H3,(H,21,28). The second-order valence-corrected chi connectivity index (χ2v) is 8.24. The van der Waals surface area contributed by atoms with E-state index >= 15 is 0 Å². The number of imidazole rings is 1. The van der Waals surface area contributed by atoms with E-state index in [1.807, 2.05) is 14.1 Å². The van der Waals surface area contributed by atoms with Crippen molar-refractivity contribution >= 4 is 22.9 Å². The van der Waals surface area contributed by atoms with Crippen molar-refractivity contribution in [2.75, 3.05) is 45.2 Å². The van der Waals surface area contributed by atoms with Gasteiger partial charge in [0, 0.05) is 39.1 Å². The monoisotopic (exact) mass is 385 g/mol. The van der Waals surface area contributed by atoms with Crippen molar-refractivity contribution in [1.29, 1.82) is 0 Å². The summed E-state index contributed by atoms with van der Waals surface area (Å²) in [5.41, 5.74) is 1.84. The van der Waals surface area contributed by atoms with E-state index in [-0.39, 0.29) is 11.8 Å². The maximum atomic E-state index is 12.6. The molecule has 1 amide bonds. The zero-order valence-electron chi connectivity index (χ0n) is 17.0. The van der Waals surface area contributed by atoms with Gasteiger partial charge in [0.25, 0.3) is 0 Å². The Labute approximate surface area is 166 Å². The average molecular weight is 386 g/mol. The molecule has 2 aliphatic heterocycles. The number of amides is 1. The summed E-state index contributed by atoms with van der Waals surface area (Å²) < 4.78 is 2.27. The number of hydrogen-bond acceptors (Lipinski definition) is 6. The van der Waals surface area contributed by atoms with Crippen LogP contribution in [0.5, 0.6) is 0 Å². The van der Waals surface area contributed by atoms with Crippen molar-refractivity contribution in [1.82, 2.24) is 29.7 Å². The molecule has 0 bridgehead atoms. The van der Waals surface area contributed by atoms with Crippen LogP contribution in [-0.2, 0) is 17.8 Å².